The molecule has 0 aliphatic rings. The van der Waals surface area contributed by atoms with Gasteiger partial charge in [-0.25, -0.2) is 0 Å². The monoisotopic (exact) mass is 263 g/mol. The Labute approximate surface area is 116 Å². The van der Waals surface area contributed by atoms with Gasteiger partial charge in [0.05, 0.1) is 5.56 Å². The van der Waals surface area contributed by atoms with Crippen LogP contribution >= 0.6 is 0 Å². The molecule has 106 valence electrons. The van der Waals surface area contributed by atoms with Crippen LogP contribution in [0.2, 0.25) is 0 Å². The minimum atomic E-state index is -0.171. The molecular formula is C16H25NO2. The van der Waals surface area contributed by atoms with E-state index >= 15 is 0 Å². The van der Waals surface area contributed by atoms with Crippen LogP contribution in [0.5, 0.6) is 5.75 Å². The van der Waals surface area contributed by atoms with Crippen molar-refractivity contribution in [3.8, 4) is 5.75 Å². The van der Waals surface area contributed by atoms with E-state index in [2.05, 4.69) is 19.2 Å². The first-order valence-corrected chi connectivity index (χ1v) is 7.19. The molecule has 0 bridgehead atoms. The lowest BCUT2D eigenvalue weighted by molar-refractivity contribution is 0.0929. The van der Waals surface area contributed by atoms with E-state index in [1.807, 2.05) is 0 Å². The van der Waals surface area contributed by atoms with Crippen molar-refractivity contribution in [2.24, 2.45) is 0 Å². The van der Waals surface area contributed by atoms with Crippen molar-refractivity contribution in [1.82, 2.24) is 5.32 Å². The van der Waals surface area contributed by atoms with Gasteiger partial charge in [-0.3, -0.25) is 4.79 Å². The number of unbranched alkanes of at least 4 members (excludes halogenated alkanes) is 1. The van der Waals surface area contributed by atoms with Crippen LogP contribution in [-0.2, 0) is 0 Å². The second kappa shape index (κ2) is 7.82. The molecule has 2 N–H and O–H groups in total. The Hall–Kier alpha value is -1.51. The van der Waals surface area contributed by atoms with E-state index in [0.717, 1.165) is 37.7 Å². The van der Waals surface area contributed by atoms with Crippen molar-refractivity contribution < 1.29 is 9.90 Å². The second-order valence-electron chi connectivity index (χ2n) is 5.07. The zero-order valence-electron chi connectivity index (χ0n) is 12.2. The van der Waals surface area contributed by atoms with Gasteiger partial charge in [0.1, 0.15) is 5.75 Å². The molecule has 3 nitrogen and oxygen atoms in total. The number of amides is 1. The first-order valence-electron chi connectivity index (χ1n) is 7.19. The van der Waals surface area contributed by atoms with E-state index in [0.29, 0.717) is 5.56 Å². The maximum absolute atomic E-state index is 12.2. The average Bonchev–Trinajstić information content (AvgIpc) is 2.39. The number of phenolic OH excluding ortho intramolecular Hbond substituents is 1. The molecule has 0 aromatic heterocycles. The maximum atomic E-state index is 12.2. The zero-order valence-corrected chi connectivity index (χ0v) is 12.2. The number of aryl methyl sites for hydroxylation is 1. The highest BCUT2D eigenvalue weighted by Crippen LogP contribution is 2.21. The number of phenols is 1. The predicted molar refractivity (Wildman–Crippen MR) is 78.5 cm³/mol. The van der Waals surface area contributed by atoms with E-state index < -0.39 is 0 Å². The largest absolute Gasteiger partial charge is 0.507 e. The smallest absolute Gasteiger partial charge is 0.255 e. The summed E-state index contributed by atoms with van der Waals surface area (Å²) in [7, 11) is 0. The topological polar surface area (TPSA) is 49.3 Å². The molecule has 1 aromatic rings. The minimum Gasteiger partial charge on any atom is -0.507 e. The standard InChI is InChI=1S/C16H25NO2/c1-4-6-10-13(8-5-2)17-16(19)14-11-7-9-12(3)15(14)18/h7,9,11,13,18H,4-6,8,10H2,1-3H3,(H,17,19). The number of para-hydroxylation sites is 1. The Morgan fingerprint density at radius 1 is 1.26 bits per heavy atom. The van der Waals surface area contributed by atoms with Gasteiger partial charge >= 0.3 is 0 Å². The summed E-state index contributed by atoms with van der Waals surface area (Å²) in [6.07, 6.45) is 5.28. The summed E-state index contributed by atoms with van der Waals surface area (Å²) < 4.78 is 0. The predicted octanol–water partition coefficient (Wildman–Crippen LogP) is 3.79. The third-order valence-corrected chi connectivity index (χ3v) is 3.36. The molecule has 3 heteroatoms. The highest BCUT2D eigenvalue weighted by molar-refractivity contribution is 5.97. The van der Waals surface area contributed by atoms with Gasteiger partial charge < -0.3 is 10.4 Å². The number of hydrogen-bond acceptors (Lipinski definition) is 2. The minimum absolute atomic E-state index is 0.0886. The summed E-state index contributed by atoms with van der Waals surface area (Å²) in [5, 5.41) is 13.0. The Balaban J connectivity index is 2.72. The fourth-order valence-corrected chi connectivity index (χ4v) is 2.19. The summed E-state index contributed by atoms with van der Waals surface area (Å²) >= 11 is 0. The lowest BCUT2D eigenvalue weighted by Crippen LogP contribution is -2.34. The van der Waals surface area contributed by atoms with Gasteiger partial charge in [-0.1, -0.05) is 45.2 Å². The van der Waals surface area contributed by atoms with Crippen molar-refractivity contribution in [2.45, 2.75) is 58.9 Å². The fraction of sp³-hybridized carbons (Fsp3) is 0.562. The number of nitrogens with one attached hydrogen (secondary N) is 1. The van der Waals surface area contributed by atoms with E-state index in [-0.39, 0.29) is 17.7 Å². The number of rotatable bonds is 7. The van der Waals surface area contributed by atoms with Crippen LogP contribution in [-0.4, -0.2) is 17.1 Å². The summed E-state index contributed by atoms with van der Waals surface area (Å²) in [4.78, 5) is 12.2. The van der Waals surface area contributed by atoms with Gasteiger partial charge in [-0.2, -0.15) is 0 Å². The summed E-state index contributed by atoms with van der Waals surface area (Å²) in [5.41, 5.74) is 1.10. The van der Waals surface area contributed by atoms with Crippen molar-refractivity contribution in [3.63, 3.8) is 0 Å². The Bertz CT molecular complexity index is 415. The fourth-order valence-electron chi connectivity index (χ4n) is 2.19. The molecule has 0 heterocycles. The maximum Gasteiger partial charge on any atom is 0.255 e. The Morgan fingerprint density at radius 2 is 2.00 bits per heavy atom. The van der Waals surface area contributed by atoms with Crippen LogP contribution in [0.1, 0.15) is 61.9 Å². The highest BCUT2D eigenvalue weighted by Gasteiger charge is 2.16. The van der Waals surface area contributed by atoms with E-state index in [1.165, 1.54) is 0 Å². The van der Waals surface area contributed by atoms with Gasteiger partial charge in [-0.15, -0.1) is 0 Å². The van der Waals surface area contributed by atoms with E-state index in [9.17, 15) is 9.90 Å². The number of aromatic hydroxyl groups is 1. The van der Waals surface area contributed by atoms with Crippen LogP contribution in [0, 0.1) is 6.92 Å². The third-order valence-electron chi connectivity index (χ3n) is 3.36. The SMILES string of the molecule is CCCCC(CCC)NC(=O)c1cccc(C)c1O. The van der Waals surface area contributed by atoms with E-state index in [1.54, 1.807) is 25.1 Å². The van der Waals surface area contributed by atoms with Crippen LogP contribution < -0.4 is 5.32 Å². The molecule has 0 spiro atoms. The molecule has 0 saturated heterocycles. The Kier molecular flexibility index (Phi) is 6.40. The van der Waals surface area contributed by atoms with Crippen molar-refractivity contribution in [1.29, 1.82) is 0 Å². The molecule has 0 aliphatic carbocycles. The van der Waals surface area contributed by atoms with Crippen molar-refractivity contribution >= 4 is 5.91 Å². The normalized spacial score (nSPS) is 12.2. The summed E-state index contributed by atoms with van der Waals surface area (Å²) in [5.74, 6) is -0.0820. The number of hydrogen-bond donors (Lipinski definition) is 2. The molecule has 19 heavy (non-hydrogen) atoms. The first-order chi connectivity index (χ1) is 9.10. The number of carbonyl (C=O) groups is 1. The summed E-state index contributed by atoms with van der Waals surface area (Å²) in [6, 6.07) is 5.47. The molecule has 1 aromatic carbocycles. The van der Waals surface area contributed by atoms with Gasteiger partial charge in [0.2, 0.25) is 0 Å². The van der Waals surface area contributed by atoms with Crippen LogP contribution in [0.25, 0.3) is 0 Å². The van der Waals surface area contributed by atoms with Gasteiger partial charge in [0.25, 0.3) is 5.91 Å². The quantitative estimate of drug-likeness (QED) is 0.786. The average molecular weight is 263 g/mol. The molecule has 1 rings (SSSR count). The lowest BCUT2D eigenvalue weighted by Gasteiger charge is -2.18. The van der Waals surface area contributed by atoms with Gasteiger partial charge in [-0.05, 0) is 31.4 Å². The summed E-state index contributed by atoms with van der Waals surface area (Å²) in [6.45, 7) is 6.07. The van der Waals surface area contributed by atoms with Crippen molar-refractivity contribution in [2.75, 3.05) is 0 Å². The van der Waals surface area contributed by atoms with Crippen LogP contribution in [0.4, 0.5) is 0 Å². The van der Waals surface area contributed by atoms with E-state index in [4.69, 9.17) is 0 Å². The zero-order chi connectivity index (χ0) is 14.3. The molecule has 1 atom stereocenters. The second-order valence-corrected chi connectivity index (χ2v) is 5.07. The molecule has 1 amide bonds. The van der Waals surface area contributed by atoms with Crippen LogP contribution in [0.15, 0.2) is 18.2 Å². The lowest BCUT2D eigenvalue weighted by atomic mass is 10.0. The molecule has 0 aliphatic heterocycles. The van der Waals surface area contributed by atoms with Crippen molar-refractivity contribution in [3.05, 3.63) is 29.3 Å². The third kappa shape index (κ3) is 4.58. The Morgan fingerprint density at radius 3 is 2.63 bits per heavy atom. The highest BCUT2D eigenvalue weighted by atomic mass is 16.3. The number of benzene rings is 1. The molecular weight excluding hydrogens is 238 g/mol. The van der Waals surface area contributed by atoms with Gasteiger partial charge in [0.15, 0.2) is 0 Å². The van der Waals surface area contributed by atoms with Crippen LogP contribution in [0.3, 0.4) is 0 Å². The first kappa shape index (κ1) is 15.5. The van der Waals surface area contributed by atoms with Gasteiger partial charge in [0, 0.05) is 6.04 Å². The molecule has 0 fully saturated rings. The molecule has 0 saturated carbocycles. The molecule has 1 unspecified atom stereocenters. The molecule has 0 radical (unpaired) electrons. The number of carbonyl (C=O) groups excluding carboxylic acids is 1.